The molecule has 2 unspecified atom stereocenters. The highest BCUT2D eigenvalue weighted by Gasteiger charge is 2.17. The maximum absolute atomic E-state index is 11.1. The number of carbonyl (C=O) groups excluding carboxylic acids is 1. The molecule has 9 nitrogen and oxygen atoms in total. The van der Waals surface area contributed by atoms with Gasteiger partial charge < -0.3 is 43.4 Å². The van der Waals surface area contributed by atoms with E-state index >= 15 is 0 Å². The van der Waals surface area contributed by atoms with Gasteiger partial charge in [0.2, 0.25) is 0 Å². The zero-order chi connectivity index (χ0) is 68.5. The zero-order valence-electron chi connectivity index (χ0n) is 62.7. The van der Waals surface area contributed by atoms with Crippen molar-refractivity contribution in [2.24, 2.45) is 0 Å². The molecular formula is C86H152O9. The Labute approximate surface area is 587 Å². The van der Waals surface area contributed by atoms with E-state index in [0.717, 1.165) is 62.1 Å². The summed E-state index contributed by atoms with van der Waals surface area (Å²) >= 11 is 0. The number of carbonyl (C=O) groups is 1. The molecule has 0 radical (unpaired) electrons. The molecule has 3 rings (SSSR count). The summed E-state index contributed by atoms with van der Waals surface area (Å²) in [5, 5.41) is 19.9. The molecule has 0 saturated heterocycles. The summed E-state index contributed by atoms with van der Waals surface area (Å²) in [5.74, 6) is 0. The predicted molar refractivity (Wildman–Crippen MR) is 406 cm³/mol. The maximum atomic E-state index is 11.1. The minimum atomic E-state index is -0.524. The van der Waals surface area contributed by atoms with Crippen molar-refractivity contribution in [3.8, 4) is 0 Å². The first-order chi connectivity index (χ1) is 46.8. The van der Waals surface area contributed by atoms with E-state index < -0.39 is 18.3 Å². The van der Waals surface area contributed by atoms with E-state index in [4.69, 9.17) is 28.4 Å². The van der Waals surface area contributed by atoms with Gasteiger partial charge in [-0.1, -0.05) is 401 Å². The Bertz CT molecular complexity index is 1810. The smallest absolute Gasteiger partial charge is 0.151 e. The van der Waals surface area contributed by atoms with Crippen molar-refractivity contribution in [2.45, 2.75) is 393 Å². The van der Waals surface area contributed by atoms with Crippen LogP contribution < -0.4 is 0 Å². The number of aliphatic hydroxyl groups is 2. The summed E-state index contributed by atoms with van der Waals surface area (Å²) in [7, 11) is 0. The summed E-state index contributed by atoms with van der Waals surface area (Å²) in [6.45, 7) is 15.4. The van der Waals surface area contributed by atoms with Gasteiger partial charge in [-0.15, -0.1) is 0 Å². The first-order valence-corrected chi connectivity index (χ1v) is 40.4. The number of benzene rings is 3. The molecule has 0 heterocycles. The molecule has 5 atom stereocenters. The molecular weight excluding hydrogens is 1180 g/mol. The second-order valence-electron chi connectivity index (χ2n) is 27.8. The fourth-order valence-electron chi connectivity index (χ4n) is 12.0. The molecule has 0 aliphatic heterocycles. The van der Waals surface area contributed by atoms with Crippen molar-refractivity contribution < 1.29 is 43.4 Å². The van der Waals surface area contributed by atoms with Crippen LogP contribution in [-0.4, -0.2) is 86.7 Å². The van der Waals surface area contributed by atoms with E-state index in [-0.39, 0.29) is 12.2 Å². The molecule has 2 N–H and O–H groups in total. The molecule has 0 fully saturated rings. The average Bonchev–Trinajstić information content (AvgIpc) is 3.72. The van der Waals surface area contributed by atoms with Crippen LogP contribution in [0.2, 0.25) is 0 Å². The molecule has 95 heavy (non-hydrogen) atoms. The minimum Gasteiger partial charge on any atom is -0.391 e. The standard InChI is InChI=1S/2C29H52O3.C28H48O3/c2*1-3-4-5-6-7-8-9-10-11-12-13-14-15-16-17-21-24-31-26-29(27(2)30)32-25-28-22-19-18-20-23-28;1-2-3-4-5-6-7-8-9-10-11-12-13-14-15-16-20-23-30-26-28(24-29)31-25-27-21-18-17-19-22-27/h2*18-20,22-23,27,29-30H,3-17,21,24-26H2,1-2H3;17-19,21-22,24,28H,2-16,20,23,25-26H2,1H3/t2*27?,29-;28-/m110/s1. The average molecular weight is 1330 g/mol. The number of unbranched alkanes of at least 4 members (excludes halogenated alkanes) is 45. The highest BCUT2D eigenvalue weighted by Crippen LogP contribution is 2.19. The second-order valence-corrected chi connectivity index (χ2v) is 27.8. The van der Waals surface area contributed by atoms with Crippen LogP contribution in [0.5, 0.6) is 0 Å². The number of hydrogen-bond donors (Lipinski definition) is 2. The monoisotopic (exact) mass is 1330 g/mol. The van der Waals surface area contributed by atoms with Crippen molar-refractivity contribution >= 4 is 6.29 Å². The molecule has 0 aromatic heterocycles. The van der Waals surface area contributed by atoms with Gasteiger partial charge in [-0.2, -0.15) is 0 Å². The van der Waals surface area contributed by atoms with Crippen LogP contribution >= 0.6 is 0 Å². The van der Waals surface area contributed by atoms with Crippen molar-refractivity contribution in [3.05, 3.63) is 108 Å². The summed E-state index contributed by atoms with van der Waals surface area (Å²) in [6.07, 6.45) is 64.9. The highest BCUT2D eigenvalue weighted by molar-refractivity contribution is 5.56. The number of hydrogen-bond acceptors (Lipinski definition) is 9. The lowest BCUT2D eigenvalue weighted by Gasteiger charge is -2.20. The molecule has 3 aromatic carbocycles. The quantitative estimate of drug-likeness (QED) is 0.0421. The van der Waals surface area contributed by atoms with E-state index in [1.807, 2.05) is 91.0 Å². The number of ether oxygens (including phenoxy) is 6. The lowest BCUT2D eigenvalue weighted by molar-refractivity contribution is -0.123. The largest absolute Gasteiger partial charge is 0.391 e. The topological polar surface area (TPSA) is 113 Å². The van der Waals surface area contributed by atoms with Crippen LogP contribution in [0, 0.1) is 0 Å². The van der Waals surface area contributed by atoms with E-state index in [9.17, 15) is 15.0 Å². The summed E-state index contributed by atoms with van der Waals surface area (Å²) in [4.78, 5) is 11.1. The third-order valence-electron chi connectivity index (χ3n) is 18.4. The lowest BCUT2D eigenvalue weighted by atomic mass is 10.0. The summed E-state index contributed by atoms with van der Waals surface area (Å²) < 4.78 is 34.5. The molecule has 0 aliphatic rings. The Kier molecular flexibility index (Phi) is 69.9. The van der Waals surface area contributed by atoms with E-state index in [1.54, 1.807) is 13.8 Å². The van der Waals surface area contributed by atoms with Crippen LogP contribution in [0.4, 0.5) is 0 Å². The Morgan fingerprint density at radius 1 is 0.284 bits per heavy atom. The van der Waals surface area contributed by atoms with Crippen molar-refractivity contribution in [1.82, 2.24) is 0 Å². The van der Waals surface area contributed by atoms with Gasteiger partial charge in [-0.3, -0.25) is 0 Å². The molecule has 0 saturated carbocycles. The first-order valence-electron chi connectivity index (χ1n) is 40.4. The highest BCUT2D eigenvalue weighted by atomic mass is 16.5. The Balaban J connectivity index is 0.000000713. The fourth-order valence-corrected chi connectivity index (χ4v) is 12.0. The number of aliphatic hydroxyl groups excluding tert-OH is 2. The molecule has 0 spiro atoms. The van der Waals surface area contributed by atoms with Gasteiger partial charge in [0.15, 0.2) is 6.29 Å². The van der Waals surface area contributed by atoms with Gasteiger partial charge in [0.25, 0.3) is 0 Å². The van der Waals surface area contributed by atoms with Crippen LogP contribution in [0.25, 0.3) is 0 Å². The van der Waals surface area contributed by atoms with Gasteiger partial charge in [-0.25, -0.2) is 0 Å². The molecule has 0 amide bonds. The number of aldehydes is 1. The zero-order valence-corrected chi connectivity index (χ0v) is 62.7. The Morgan fingerprint density at radius 3 is 0.695 bits per heavy atom. The van der Waals surface area contributed by atoms with Crippen LogP contribution in [0.15, 0.2) is 91.0 Å². The van der Waals surface area contributed by atoms with E-state index in [0.29, 0.717) is 39.6 Å². The van der Waals surface area contributed by atoms with Crippen molar-refractivity contribution in [2.75, 3.05) is 39.6 Å². The third kappa shape index (κ3) is 64.2. The first kappa shape index (κ1) is 90.0. The Hall–Kier alpha value is -2.99. The molecule has 0 bridgehead atoms. The van der Waals surface area contributed by atoms with Crippen LogP contribution in [-0.2, 0) is 53.0 Å². The summed E-state index contributed by atoms with van der Waals surface area (Å²) in [5.41, 5.74) is 3.32. The van der Waals surface area contributed by atoms with Gasteiger partial charge >= 0.3 is 0 Å². The van der Waals surface area contributed by atoms with Gasteiger partial charge in [0.05, 0.1) is 51.8 Å². The molecule has 9 heteroatoms. The van der Waals surface area contributed by atoms with Crippen molar-refractivity contribution in [3.63, 3.8) is 0 Å². The second kappa shape index (κ2) is 73.7. The summed E-state index contributed by atoms with van der Waals surface area (Å²) in [6, 6.07) is 30.1. The Morgan fingerprint density at radius 2 is 0.484 bits per heavy atom. The molecule has 550 valence electrons. The van der Waals surface area contributed by atoms with Crippen LogP contribution in [0.1, 0.15) is 360 Å². The third-order valence-corrected chi connectivity index (χ3v) is 18.4. The van der Waals surface area contributed by atoms with Gasteiger partial charge in [0.1, 0.15) is 18.3 Å². The molecule has 0 aliphatic carbocycles. The molecule has 3 aromatic rings. The minimum absolute atomic E-state index is 0.267. The fraction of sp³-hybridized carbons (Fsp3) is 0.779. The van der Waals surface area contributed by atoms with Crippen LogP contribution in [0.3, 0.4) is 0 Å². The van der Waals surface area contributed by atoms with Gasteiger partial charge in [-0.05, 0) is 49.8 Å². The van der Waals surface area contributed by atoms with E-state index in [2.05, 4.69) is 20.8 Å². The van der Waals surface area contributed by atoms with Crippen molar-refractivity contribution in [1.29, 1.82) is 0 Å². The number of rotatable bonds is 69. The normalized spacial score (nSPS) is 13.0. The SMILES string of the molecule is CCCCCCCCCCCCCCCCCCOC[C@@H](OCc1ccccc1)C(C)O.CCCCCCCCCCCCCCCCCCOC[C@@H](OCc1ccccc1)C(C)O.CCCCCCCCCCCCCCCCCCOC[C@H](C=O)OCc1ccccc1. The lowest BCUT2D eigenvalue weighted by Crippen LogP contribution is -2.31. The van der Waals surface area contributed by atoms with E-state index in [1.165, 1.54) is 289 Å². The predicted octanol–water partition coefficient (Wildman–Crippen LogP) is 24.5. The van der Waals surface area contributed by atoms with Gasteiger partial charge in [0, 0.05) is 19.8 Å². The maximum Gasteiger partial charge on any atom is 0.151 e.